The van der Waals surface area contributed by atoms with E-state index in [4.69, 9.17) is 10.5 Å². The van der Waals surface area contributed by atoms with E-state index in [1.54, 1.807) is 4.90 Å². The summed E-state index contributed by atoms with van der Waals surface area (Å²) >= 11 is 0. The molecule has 0 aromatic heterocycles. The standard InChI is InChI=1S/C19H24F2N4O5/c1-2-24(12-4-5-12)16(17(22)27)18(28)23-11-3-6-13(14(9-11)30-19(20)21)25-7-8-29-10-15(25)26/h3,6,9,12,16,19H,2,4-5,7-8,10H2,1H3,(H2,22,27)(H,23,28)/t16-/m0/s1. The topological polar surface area (TPSA) is 114 Å². The highest BCUT2D eigenvalue weighted by atomic mass is 19.3. The second-order valence-electron chi connectivity index (χ2n) is 7.01. The fraction of sp³-hybridized carbons (Fsp3) is 0.526. The minimum atomic E-state index is -3.13. The molecule has 9 nitrogen and oxygen atoms in total. The summed E-state index contributed by atoms with van der Waals surface area (Å²) in [5, 5.41) is 2.54. The van der Waals surface area contributed by atoms with E-state index in [0.29, 0.717) is 6.54 Å². The van der Waals surface area contributed by atoms with Gasteiger partial charge >= 0.3 is 6.61 Å². The number of amides is 3. The van der Waals surface area contributed by atoms with E-state index < -0.39 is 30.4 Å². The molecule has 1 aromatic carbocycles. The number of anilines is 2. The smallest absolute Gasteiger partial charge is 0.387 e. The van der Waals surface area contributed by atoms with Crippen molar-refractivity contribution in [2.75, 3.05) is 36.5 Å². The highest BCUT2D eigenvalue weighted by molar-refractivity contribution is 6.10. The van der Waals surface area contributed by atoms with Crippen LogP contribution in [0, 0.1) is 0 Å². The quantitative estimate of drug-likeness (QED) is 0.568. The van der Waals surface area contributed by atoms with Gasteiger partial charge in [-0.15, -0.1) is 0 Å². The van der Waals surface area contributed by atoms with Crippen LogP contribution < -0.4 is 20.7 Å². The maximum Gasteiger partial charge on any atom is 0.387 e. The molecule has 1 saturated heterocycles. The Hall–Kier alpha value is -2.79. The van der Waals surface area contributed by atoms with Crippen LogP contribution in [0.25, 0.3) is 0 Å². The zero-order chi connectivity index (χ0) is 21.8. The van der Waals surface area contributed by atoms with E-state index >= 15 is 0 Å². The van der Waals surface area contributed by atoms with E-state index in [1.165, 1.54) is 23.1 Å². The molecule has 164 valence electrons. The fourth-order valence-corrected chi connectivity index (χ4v) is 3.49. The molecule has 0 unspecified atom stereocenters. The third-order valence-corrected chi connectivity index (χ3v) is 4.95. The highest BCUT2D eigenvalue weighted by Gasteiger charge is 2.39. The number of carbonyl (C=O) groups is 3. The Balaban J connectivity index is 1.83. The summed E-state index contributed by atoms with van der Waals surface area (Å²) in [6.45, 7) is -0.572. The summed E-state index contributed by atoms with van der Waals surface area (Å²) in [4.78, 5) is 39.7. The van der Waals surface area contributed by atoms with Gasteiger partial charge in [0.1, 0.15) is 6.61 Å². The molecule has 2 aliphatic rings. The minimum Gasteiger partial charge on any atom is -0.433 e. The van der Waals surface area contributed by atoms with E-state index in [1.807, 2.05) is 6.92 Å². The number of likely N-dealkylation sites (N-methyl/N-ethyl adjacent to an activating group) is 1. The molecule has 0 spiro atoms. The van der Waals surface area contributed by atoms with Gasteiger partial charge in [0.05, 0.1) is 12.3 Å². The van der Waals surface area contributed by atoms with Gasteiger partial charge in [0.2, 0.25) is 5.91 Å². The van der Waals surface area contributed by atoms with Crippen LogP contribution in [-0.2, 0) is 19.1 Å². The van der Waals surface area contributed by atoms with Crippen molar-refractivity contribution >= 4 is 29.1 Å². The molecular weight excluding hydrogens is 402 g/mol. The van der Waals surface area contributed by atoms with E-state index in [0.717, 1.165) is 12.8 Å². The average molecular weight is 426 g/mol. The summed E-state index contributed by atoms with van der Waals surface area (Å²) in [6.07, 6.45) is 1.75. The van der Waals surface area contributed by atoms with Crippen molar-refractivity contribution in [3.8, 4) is 5.75 Å². The molecule has 3 amide bonds. The van der Waals surface area contributed by atoms with Crippen LogP contribution in [0.2, 0.25) is 0 Å². The zero-order valence-electron chi connectivity index (χ0n) is 16.5. The number of nitrogens with two attached hydrogens (primary N) is 1. The third kappa shape index (κ3) is 5.03. The highest BCUT2D eigenvalue weighted by Crippen LogP contribution is 2.34. The van der Waals surface area contributed by atoms with Crippen molar-refractivity contribution in [3.05, 3.63) is 18.2 Å². The first kappa shape index (κ1) is 21.9. The van der Waals surface area contributed by atoms with Gasteiger partial charge in [0.15, 0.2) is 11.8 Å². The zero-order valence-corrected chi connectivity index (χ0v) is 16.5. The first-order valence-corrected chi connectivity index (χ1v) is 9.64. The SMILES string of the molecule is CCN(C1CC1)[C@@H](C(N)=O)C(=O)Nc1ccc(N2CCOCC2=O)c(OC(F)F)c1. The van der Waals surface area contributed by atoms with Crippen molar-refractivity contribution < 1.29 is 32.6 Å². The Morgan fingerprint density at radius 2 is 2.13 bits per heavy atom. The molecule has 3 rings (SSSR count). The molecule has 1 heterocycles. The summed E-state index contributed by atoms with van der Waals surface area (Å²) in [6, 6.07) is 2.97. The molecular formula is C19H24F2N4O5. The van der Waals surface area contributed by atoms with Gasteiger partial charge in [0, 0.05) is 24.3 Å². The molecule has 1 atom stereocenters. The second-order valence-corrected chi connectivity index (χ2v) is 7.01. The van der Waals surface area contributed by atoms with Gasteiger partial charge in [0.25, 0.3) is 11.8 Å². The van der Waals surface area contributed by atoms with Crippen LogP contribution in [0.3, 0.4) is 0 Å². The third-order valence-electron chi connectivity index (χ3n) is 4.95. The Bertz CT molecular complexity index is 818. The fourth-order valence-electron chi connectivity index (χ4n) is 3.49. The van der Waals surface area contributed by atoms with Crippen molar-refractivity contribution in [1.82, 2.24) is 4.90 Å². The number of alkyl halides is 2. The molecule has 1 aromatic rings. The lowest BCUT2D eigenvalue weighted by molar-refractivity contribution is -0.132. The number of halogens is 2. The molecule has 1 saturated carbocycles. The Kier molecular flexibility index (Phi) is 6.83. The maximum absolute atomic E-state index is 12.9. The number of nitrogens with zero attached hydrogens (tertiary/aromatic N) is 2. The molecule has 3 N–H and O–H groups in total. The minimum absolute atomic E-state index is 0.116. The first-order chi connectivity index (χ1) is 14.3. The van der Waals surface area contributed by atoms with Crippen LogP contribution in [0.1, 0.15) is 19.8 Å². The number of ether oxygens (including phenoxy) is 2. The van der Waals surface area contributed by atoms with Crippen LogP contribution in [-0.4, -0.2) is 67.6 Å². The lowest BCUT2D eigenvalue weighted by Gasteiger charge is -2.29. The van der Waals surface area contributed by atoms with Crippen molar-refractivity contribution in [2.24, 2.45) is 5.73 Å². The van der Waals surface area contributed by atoms with Crippen molar-refractivity contribution in [1.29, 1.82) is 0 Å². The van der Waals surface area contributed by atoms with E-state index in [9.17, 15) is 23.2 Å². The second kappa shape index (κ2) is 9.35. The molecule has 0 radical (unpaired) electrons. The molecule has 0 bridgehead atoms. The molecule has 2 fully saturated rings. The molecule has 1 aliphatic heterocycles. The monoisotopic (exact) mass is 426 g/mol. The number of hydrogen-bond donors (Lipinski definition) is 2. The lowest BCUT2D eigenvalue weighted by atomic mass is 10.1. The van der Waals surface area contributed by atoms with Crippen LogP contribution in [0.5, 0.6) is 5.75 Å². The van der Waals surface area contributed by atoms with Gasteiger partial charge in [-0.05, 0) is 31.5 Å². The van der Waals surface area contributed by atoms with Crippen molar-refractivity contribution in [3.63, 3.8) is 0 Å². The van der Waals surface area contributed by atoms with Gasteiger partial charge in [-0.3, -0.25) is 19.3 Å². The number of carbonyl (C=O) groups excluding carboxylic acids is 3. The largest absolute Gasteiger partial charge is 0.433 e. The number of nitrogens with one attached hydrogen (secondary N) is 1. The van der Waals surface area contributed by atoms with Gasteiger partial charge in [-0.25, -0.2) is 0 Å². The summed E-state index contributed by atoms with van der Waals surface area (Å²) < 4.78 is 35.5. The van der Waals surface area contributed by atoms with E-state index in [-0.39, 0.29) is 42.9 Å². The number of primary amides is 1. The number of morpholine rings is 1. The van der Waals surface area contributed by atoms with Crippen LogP contribution >= 0.6 is 0 Å². The molecule has 1 aliphatic carbocycles. The van der Waals surface area contributed by atoms with Gasteiger partial charge in [-0.1, -0.05) is 6.92 Å². The van der Waals surface area contributed by atoms with Crippen LogP contribution in [0.15, 0.2) is 18.2 Å². The Morgan fingerprint density at radius 3 is 2.70 bits per heavy atom. The number of rotatable bonds is 9. The Morgan fingerprint density at radius 1 is 1.40 bits per heavy atom. The summed E-state index contributed by atoms with van der Waals surface area (Å²) in [5.41, 5.74) is 5.72. The van der Waals surface area contributed by atoms with Gasteiger partial charge in [-0.2, -0.15) is 8.78 Å². The molecule has 11 heteroatoms. The maximum atomic E-state index is 12.9. The number of benzene rings is 1. The number of hydrogen-bond acceptors (Lipinski definition) is 6. The van der Waals surface area contributed by atoms with Crippen LogP contribution in [0.4, 0.5) is 20.2 Å². The predicted octanol–water partition coefficient (Wildman–Crippen LogP) is 0.928. The summed E-state index contributed by atoms with van der Waals surface area (Å²) in [7, 11) is 0. The molecule has 30 heavy (non-hydrogen) atoms. The van der Waals surface area contributed by atoms with E-state index in [2.05, 4.69) is 10.1 Å². The summed E-state index contributed by atoms with van der Waals surface area (Å²) in [5.74, 6) is -2.12. The average Bonchev–Trinajstić information content (AvgIpc) is 3.51. The Labute approximate surface area is 172 Å². The lowest BCUT2D eigenvalue weighted by Crippen LogP contribution is -2.52. The van der Waals surface area contributed by atoms with Gasteiger partial charge < -0.3 is 25.4 Å². The predicted molar refractivity (Wildman–Crippen MR) is 103 cm³/mol. The first-order valence-electron chi connectivity index (χ1n) is 9.64. The normalized spacial score (nSPS) is 17.9. The van der Waals surface area contributed by atoms with Crippen molar-refractivity contribution in [2.45, 2.75) is 38.5 Å².